The number of hydrogen-bond donors (Lipinski definition) is 1. The van der Waals surface area contributed by atoms with Crippen LogP contribution in [0.5, 0.6) is 0 Å². The molecule has 2 aromatic rings. The first-order valence-corrected chi connectivity index (χ1v) is 12.4. The van der Waals surface area contributed by atoms with E-state index in [1.165, 1.54) is 11.3 Å². The molecular weight excluding hydrogens is 422 g/mol. The normalized spacial score (nSPS) is 18.2. The van der Waals surface area contributed by atoms with Crippen LogP contribution < -0.4 is 5.32 Å². The van der Waals surface area contributed by atoms with Crippen LogP contribution in [0, 0.1) is 5.92 Å². The molecule has 1 atom stereocenters. The van der Waals surface area contributed by atoms with Crippen LogP contribution in [0.4, 0.5) is 0 Å². The molecule has 2 aliphatic rings. The Morgan fingerprint density at radius 2 is 1.62 bits per heavy atom. The molecule has 0 unspecified atom stereocenters. The van der Waals surface area contributed by atoms with Crippen LogP contribution in [0.15, 0.2) is 47.8 Å². The standard InChI is InChI=1S/C25H31N3O3S/c29-22(18-19-8-3-1-4-9-19)27-15-11-20(12-16-27)23(25(31)28-13-5-2-6-14-28)26-24(30)21-10-7-17-32-21/h1,3-4,7-10,17,20,23H,2,5-6,11-16,18H2,(H,26,30)/t23-/m0/s1. The summed E-state index contributed by atoms with van der Waals surface area (Å²) in [5, 5.41) is 4.92. The van der Waals surface area contributed by atoms with E-state index >= 15 is 0 Å². The number of carbonyl (C=O) groups excluding carboxylic acids is 3. The third kappa shape index (κ3) is 5.57. The van der Waals surface area contributed by atoms with Crippen molar-refractivity contribution in [3.8, 4) is 0 Å². The highest BCUT2D eigenvalue weighted by molar-refractivity contribution is 7.12. The van der Waals surface area contributed by atoms with Gasteiger partial charge in [0.05, 0.1) is 11.3 Å². The summed E-state index contributed by atoms with van der Waals surface area (Å²) < 4.78 is 0. The first-order valence-electron chi connectivity index (χ1n) is 11.6. The van der Waals surface area contributed by atoms with E-state index in [1.807, 2.05) is 51.6 Å². The van der Waals surface area contributed by atoms with E-state index in [0.29, 0.717) is 24.4 Å². The van der Waals surface area contributed by atoms with Gasteiger partial charge in [-0.3, -0.25) is 14.4 Å². The van der Waals surface area contributed by atoms with Gasteiger partial charge in [-0.15, -0.1) is 11.3 Å². The Labute approximate surface area is 193 Å². The zero-order valence-electron chi connectivity index (χ0n) is 18.4. The fourth-order valence-electron chi connectivity index (χ4n) is 4.68. The van der Waals surface area contributed by atoms with E-state index in [-0.39, 0.29) is 23.6 Å². The average molecular weight is 454 g/mol. The molecule has 3 heterocycles. The quantitative estimate of drug-likeness (QED) is 0.729. The summed E-state index contributed by atoms with van der Waals surface area (Å²) in [5.41, 5.74) is 1.01. The minimum Gasteiger partial charge on any atom is -0.342 e. The summed E-state index contributed by atoms with van der Waals surface area (Å²) in [5.74, 6) is 0.00639. The zero-order valence-corrected chi connectivity index (χ0v) is 19.2. The van der Waals surface area contributed by atoms with Gasteiger partial charge in [-0.25, -0.2) is 0 Å². The summed E-state index contributed by atoms with van der Waals surface area (Å²) in [6, 6.07) is 12.9. The Bertz CT molecular complexity index is 902. The van der Waals surface area contributed by atoms with Gasteiger partial charge in [-0.2, -0.15) is 0 Å². The van der Waals surface area contributed by atoms with Gasteiger partial charge in [0, 0.05) is 26.2 Å². The second kappa shape index (κ2) is 10.8. The average Bonchev–Trinajstić information content (AvgIpc) is 3.39. The second-order valence-corrected chi connectivity index (χ2v) is 9.64. The maximum absolute atomic E-state index is 13.4. The van der Waals surface area contributed by atoms with Crippen molar-refractivity contribution in [2.75, 3.05) is 26.2 Å². The summed E-state index contributed by atoms with van der Waals surface area (Å²) in [4.78, 5) is 43.4. The van der Waals surface area contributed by atoms with Crippen molar-refractivity contribution >= 4 is 29.1 Å². The molecule has 4 rings (SSSR count). The molecule has 1 N–H and O–H groups in total. The van der Waals surface area contributed by atoms with E-state index in [1.54, 1.807) is 6.07 Å². The maximum atomic E-state index is 13.4. The Morgan fingerprint density at radius 3 is 2.28 bits per heavy atom. The fraction of sp³-hybridized carbons (Fsp3) is 0.480. The van der Waals surface area contributed by atoms with Crippen LogP contribution >= 0.6 is 11.3 Å². The van der Waals surface area contributed by atoms with Gasteiger partial charge in [-0.05, 0) is 55.0 Å². The molecule has 0 radical (unpaired) electrons. The van der Waals surface area contributed by atoms with E-state index in [2.05, 4.69) is 5.32 Å². The molecule has 0 aliphatic carbocycles. The highest BCUT2D eigenvalue weighted by atomic mass is 32.1. The number of nitrogens with one attached hydrogen (secondary N) is 1. The molecule has 1 aromatic heterocycles. The summed E-state index contributed by atoms with van der Waals surface area (Å²) in [6.07, 6.45) is 5.02. The van der Waals surface area contributed by atoms with Gasteiger partial charge >= 0.3 is 0 Å². The van der Waals surface area contributed by atoms with Gasteiger partial charge in [-0.1, -0.05) is 36.4 Å². The smallest absolute Gasteiger partial charge is 0.262 e. The van der Waals surface area contributed by atoms with Crippen molar-refractivity contribution in [2.24, 2.45) is 5.92 Å². The van der Waals surface area contributed by atoms with E-state index in [4.69, 9.17) is 0 Å². The number of carbonyl (C=O) groups is 3. The van der Waals surface area contributed by atoms with Crippen molar-refractivity contribution in [1.29, 1.82) is 0 Å². The molecule has 32 heavy (non-hydrogen) atoms. The molecule has 170 valence electrons. The minimum atomic E-state index is -0.533. The zero-order chi connectivity index (χ0) is 22.3. The van der Waals surface area contributed by atoms with Gasteiger partial charge in [0.25, 0.3) is 5.91 Å². The highest BCUT2D eigenvalue weighted by Gasteiger charge is 2.36. The number of benzene rings is 1. The minimum absolute atomic E-state index is 0.0312. The third-order valence-electron chi connectivity index (χ3n) is 6.53. The molecule has 0 bridgehead atoms. The lowest BCUT2D eigenvalue weighted by atomic mass is 9.87. The largest absolute Gasteiger partial charge is 0.342 e. The van der Waals surface area contributed by atoms with Gasteiger partial charge < -0.3 is 15.1 Å². The predicted molar refractivity (Wildman–Crippen MR) is 125 cm³/mol. The van der Waals surface area contributed by atoms with E-state index < -0.39 is 6.04 Å². The number of amides is 3. The number of thiophene rings is 1. The molecule has 2 fully saturated rings. The van der Waals surface area contributed by atoms with Crippen LogP contribution in [0.3, 0.4) is 0 Å². The van der Waals surface area contributed by atoms with Crippen molar-refractivity contribution < 1.29 is 14.4 Å². The Morgan fingerprint density at radius 1 is 0.906 bits per heavy atom. The summed E-state index contributed by atoms with van der Waals surface area (Å²) in [6.45, 7) is 2.77. The molecule has 2 aliphatic heterocycles. The fourth-order valence-corrected chi connectivity index (χ4v) is 5.30. The number of piperidine rings is 2. The topological polar surface area (TPSA) is 69.7 Å². The number of hydrogen-bond acceptors (Lipinski definition) is 4. The van der Waals surface area contributed by atoms with Crippen LogP contribution in [0.25, 0.3) is 0 Å². The Balaban J connectivity index is 1.40. The highest BCUT2D eigenvalue weighted by Crippen LogP contribution is 2.25. The molecule has 6 nitrogen and oxygen atoms in total. The first kappa shape index (κ1) is 22.5. The molecule has 2 saturated heterocycles. The monoisotopic (exact) mass is 453 g/mol. The SMILES string of the molecule is O=C(N[C@H](C(=O)N1CCCCC1)C1CCN(C(=O)Cc2ccccc2)CC1)c1cccs1. The van der Waals surface area contributed by atoms with E-state index in [0.717, 1.165) is 50.8 Å². The molecule has 3 amide bonds. The van der Waals surface area contributed by atoms with E-state index in [9.17, 15) is 14.4 Å². The Kier molecular flexibility index (Phi) is 7.58. The maximum Gasteiger partial charge on any atom is 0.262 e. The molecule has 0 spiro atoms. The van der Waals surface area contributed by atoms with Crippen molar-refractivity contribution in [3.63, 3.8) is 0 Å². The van der Waals surface area contributed by atoms with Crippen LogP contribution in [0.2, 0.25) is 0 Å². The first-order chi connectivity index (χ1) is 15.6. The second-order valence-electron chi connectivity index (χ2n) is 8.69. The molecule has 0 saturated carbocycles. The van der Waals surface area contributed by atoms with Crippen molar-refractivity contribution in [1.82, 2.24) is 15.1 Å². The predicted octanol–water partition coefficient (Wildman–Crippen LogP) is 3.34. The lowest BCUT2D eigenvalue weighted by Gasteiger charge is -2.38. The van der Waals surface area contributed by atoms with Gasteiger partial charge in [0.1, 0.15) is 6.04 Å². The lowest BCUT2D eigenvalue weighted by Crippen LogP contribution is -2.55. The lowest BCUT2D eigenvalue weighted by molar-refractivity contribution is -0.136. The van der Waals surface area contributed by atoms with Gasteiger partial charge in [0.2, 0.25) is 11.8 Å². The van der Waals surface area contributed by atoms with Crippen LogP contribution in [0.1, 0.15) is 47.3 Å². The van der Waals surface area contributed by atoms with Crippen molar-refractivity contribution in [3.05, 3.63) is 58.3 Å². The summed E-state index contributed by atoms with van der Waals surface area (Å²) >= 11 is 1.38. The molecule has 7 heteroatoms. The van der Waals surface area contributed by atoms with Crippen LogP contribution in [-0.4, -0.2) is 59.7 Å². The molecular formula is C25H31N3O3S. The van der Waals surface area contributed by atoms with Crippen molar-refractivity contribution in [2.45, 2.75) is 44.6 Å². The molecule has 1 aromatic carbocycles. The number of likely N-dealkylation sites (tertiary alicyclic amines) is 2. The summed E-state index contributed by atoms with van der Waals surface area (Å²) in [7, 11) is 0. The Hall–Kier alpha value is -2.67. The number of rotatable bonds is 6. The third-order valence-corrected chi connectivity index (χ3v) is 7.40. The number of nitrogens with zero attached hydrogens (tertiary/aromatic N) is 2. The van der Waals surface area contributed by atoms with Crippen LogP contribution in [-0.2, 0) is 16.0 Å². The van der Waals surface area contributed by atoms with Gasteiger partial charge in [0.15, 0.2) is 0 Å².